The number of benzene rings is 1. The molecule has 1 aromatic carbocycles. The fourth-order valence-corrected chi connectivity index (χ4v) is 4.53. The van der Waals surface area contributed by atoms with Crippen LogP contribution in [0, 0.1) is 0 Å². The molecule has 1 aliphatic rings. The summed E-state index contributed by atoms with van der Waals surface area (Å²) < 4.78 is 2.08. The van der Waals surface area contributed by atoms with Crippen molar-refractivity contribution in [2.45, 2.75) is 25.2 Å². The van der Waals surface area contributed by atoms with Crippen LogP contribution < -0.4 is 0 Å². The molecular formula is C23H24N4O. The van der Waals surface area contributed by atoms with Crippen molar-refractivity contribution in [1.29, 1.82) is 0 Å². The van der Waals surface area contributed by atoms with Gasteiger partial charge in [0.15, 0.2) is 0 Å². The molecule has 4 heterocycles. The smallest absolute Gasteiger partial charge is 0.253 e. The first-order valence-corrected chi connectivity index (χ1v) is 9.82. The molecule has 0 aliphatic carbocycles. The molecule has 142 valence electrons. The number of aromatic amines is 1. The number of pyridine rings is 1. The fourth-order valence-electron chi connectivity index (χ4n) is 4.53. The van der Waals surface area contributed by atoms with Crippen LogP contribution in [0.25, 0.3) is 21.9 Å². The third-order valence-corrected chi connectivity index (χ3v) is 6.39. The van der Waals surface area contributed by atoms with Crippen LogP contribution in [0.3, 0.4) is 0 Å². The number of likely N-dealkylation sites (tertiary alicyclic amines) is 1. The number of carbonyl (C=O) groups is 1. The monoisotopic (exact) mass is 372 g/mol. The average molecular weight is 372 g/mol. The van der Waals surface area contributed by atoms with Gasteiger partial charge >= 0.3 is 0 Å². The Bertz CT molecular complexity index is 1180. The molecule has 0 bridgehead atoms. The lowest BCUT2D eigenvalue weighted by atomic mass is 9.74. The van der Waals surface area contributed by atoms with E-state index in [1.807, 2.05) is 48.6 Å². The molecule has 5 nitrogen and oxygen atoms in total. The first kappa shape index (κ1) is 17.0. The van der Waals surface area contributed by atoms with E-state index in [1.54, 1.807) is 0 Å². The van der Waals surface area contributed by atoms with Crippen molar-refractivity contribution in [3.8, 4) is 0 Å². The lowest BCUT2D eigenvalue weighted by Crippen LogP contribution is -2.43. The van der Waals surface area contributed by atoms with Crippen LogP contribution in [0.15, 0.2) is 55.0 Å². The molecular weight excluding hydrogens is 348 g/mol. The summed E-state index contributed by atoms with van der Waals surface area (Å²) in [5, 5.41) is 2.31. The second-order valence-corrected chi connectivity index (χ2v) is 8.16. The Morgan fingerprint density at radius 1 is 1.18 bits per heavy atom. The molecule has 5 heteroatoms. The Balaban J connectivity index is 1.36. The number of amides is 1. The van der Waals surface area contributed by atoms with Gasteiger partial charge in [-0.25, -0.2) is 4.98 Å². The highest BCUT2D eigenvalue weighted by Crippen LogP contribution is 2.38. The number of aromatic nitrogens is 3. The Labute approximate surface area is 164 Å². The summed E-state index contributed by atoms with van der Waals surface area (Å²) >= 11 is 0. The normalized spacial score (nSPS) is 16.7. The highest BCUT2D eigenvalue weighted by atomic mass is 16.2. The summed E-state index contributed by atoms with van der Waals surface area (Å²) in [6, 6.07) is 12.2. The summed E-state index contributed by atoms with van der Waals surface area (Å²) in [5.41, 5.74) is 4.23. The van der Waals surface area contributed by atoms with E-state index in [0.29, 0.717) is 0 Å². The molecule has 4 aromatic rings. The van der Waals surface area contributed by atoms with E-state index in [4.69, 9.17) is 0 Å². The Morgan fingerprint density at radius 2 is 2.00 bits per heavy atom. The zero-order valence-electron chi connectivity index (χ0n) is 16.3. The molecule has 0 unspecified atom stereocenters. The van der Waals surface area contributed by atoms with E-state index >= 15 is 0 Å². The minimum Gasteiger partial charge on any atom is -0.351 e. The third-order valence-electron chi connectivity index (χ3n) is 6.39. The zero-order valence-corrected chi connectivity index (χ0v) is 16.3. The van der Waals surface area contributed by atoms with Crippen molar-refractivity contribution in [3.63, 3.8) is 0 Å². The summed E-state index contributed by atoms with van der Waals surface area (Å²) in [6.45, 7) is 3.85. The summed E-state index contributed by atoms with van der Waals surface area (Å²) in [5.74, 6) is 0.133. The van der Waals surface area contributed by atoms with Gasteiger partial charge in [0.25, 0.3) is 5.91 Å². The molecule has 28 heavy (non-hydrogen) atoms. The van der Waals surface area contributed by atoms with Gasteiger partial charge < -0.3 is 14.5 Å². The second-order valence-electron chi connectivity index (χ2n) is 8.16. The first-order valence-electron chi connectivity index (χ1n) is 9.82. The van der Waals surface area contributed by atoms with Crippen LogP contribution in [0.1, 0.15) is 35.7 Å². The molecule has 0 saturated carbocycles. The van der Waals surface area contributed by atoms with Gasteiger partial charge in [0, 0.05) is 60.6 Å². The molecule has 0 atom stereocenters. The largest absolute Gasteiger partial charge is 0.351 e. The van der Waals surface area contributed by atoms with Crippen molar-refractivity contribution in [1.82, 2.24) is 19.4 Å². The lowest BCUT2D eigenvalue weighted by Gasteiger charge is -2.39. The van der Waals surface area contributed by atoms with Gasteiger partial charge in [0.2, 0.25) is 0 Å². The number of hydrogen-bond donors (Lipinski definition) is 1. The number of piperidine rings is 1. The van der Waals surface area contributed by atoms with Crippen molar-refractivity contribution < 1.29 is 4.79 Å². The van der Waals surface area contributed by atoms with Gasteiger partial charge in [-0.15, -0.1) is 0 Å². The molecule has 1 saturated heterocycles. The topological polar surface area (TPSA) is 53.9 Å². The van der Waals surface area contributed by atoms with E-state index < -0.39 is 0 Å². The van der Waals surface area contributed by atoms with Crippen LogP contribution in [-0.4, -0.2) is 38.4 Å². The van der Waals surface area contributed by atoms with Gasteiger partial charge in [-0.2, -0.15) is 0 Å². The Hall–Kier alpha value is -3.08. The van der Waals surface area contributed by atoms with E-state index in [2.05, 4.69) is 39.8 Å². The lowest BCUT2D eigenvalue weighted by molar-refractivity contribution is 0.0677. The summed E-state index contributed by atoms with van der Waals surface area (Å²) in [7, 11) is 2.02. The van der Waals surface area contributed by atoms with E-state index in [1.165, 1.54) is 10.9 Å². The van der Waals surface area contributed by atoms with E-state index in [0.717, 1.165) is 48.0 Å². The average Bonchev–Trinajstić information content (AvgIpc) is 3.32. The highest BCUT2D eigenvalue weighted by Gasteiger charge is 2.35. The molecule has 1 N–H and O–H groups in total. The Morgan fingerprint density at radius 3 is 2.82 bits per heavy atom. The van der Waals surface area contributed by atoms with Crippen LogP contribution >= 0.6 is 0 Å². The molecule has 1 fully saturated rings. The minimum atomic E-state index is 0.0570. The van der Waals surface area contributed by atoms with Crippen molar-refractivity contribution in [2.24, 2.45) is 7.05 Å². The van der Waals surface area contributed by atoms with Gasteiger partial charge in [0.05, 0.1) is 0 Å². The predicted octanol–water partition coefficient (Wildman–Crippen LogP) is 4.25. The van der Waals surface area contributed by atoms with Gasteiger partial charge in [-0.3, -0.25) is 4.79 Å². The van der Waals surface area contributed by atoms with Crippen molar-refractivity contribution in [3.05, 3.63) is 66.1 Å². The van der Waals surface area contributed by atoms with Gasteiger partial charge in [-0.05, 0) is 60.2 Å². The number of carbonyl (C=O) groups excluding carboxylic acids is 1. The standard InChI is InChI=1S/C23H24N4O/c1-23(19-15-25-21-18(19)4-3-10-24-21)8-12-27(13-9-23)22(28)17-5-6-20-16(14-17)7-11-26(20)2/h3-7,10-11,14-15H,8-9,12-13H2,1-2H3,(H,24,25). The first-order chi connectivity index (χ1) is 13.5. The number of nitrogens with zero attached hydrogens (tertiary/aromatic N) is 3. The van der Waals surface area contributed by atoms with Crippen LogP contribution in [0.2, 0.25) is 0 Å². The van der Waals surface area contributed by atoms with Gasteiger partial charge in [0.1, 0.15) is 5.65 Å². The SMILES string of the molecule is Cn1ccc2cc(C(=O)N3CCC(C)(c4c[nH]c5ncccc45)CC3)ccc21. The molecule has 0 radical (unpaired) electrons. The van der Waals surface area contributed by atoms with Gasteiger partial charge in [-0.1, -0.05) is 6.92 Å². The maximum absolute atomic E-state index is 13.1. The summed E-state index contributed by atoms with van der Waals surface area (Å²) in [6.07, 6.45) is 7.85. The summed E-state index contributed by atoms with van der Waals surface area (Å²) in [4.78, 5) is 22.8. The maximum atomic E-state index is 13.1. The van der Waals surface area contributed by atoms with Crippen molar-refractivity contribution >= 4 is 27.8 Å². The van der Waals surface area contributed by atoms with E-state index in [-0.39, 0.29) is 11.3 Å². The maximum Gasteiger partial charge on any atom is 0.253 e. The van der Waals surface area contributed by atoms with Crippen molar-refractivity contribution in [2.75, 3.05) is 13.1 Å². The molecule has 1 aliphatic heterocycles. The predicted molar refractivity (Wildman–Crippen MR) is 112 cm³/mol. The van der Waals surface area contributed by atoms with E-state index in [9.17, 15) is 4.79 Å². The fraction of sp³-hybridized carbons (Fsp3) is 0.304. The molecule has 3 aromatic heterocycles. The number of hydrogen-bond acceptors (Lipinski definition) is 2. The number of nitrogens with one attached hydrogen (secondary N) is 1. The second kappa shape index (κ2) is 6.23. The quantitative estimate of drug-likeness (QED) is 0.572. The molecule has 0 spiro atoms. The Kier molecular flexibility index (Phi) is 3.79. The number of aryl methyl sites for hydroxylation is 1. The highest BCUT2D eigenvalue weighted by molar-refractivity contribution is 5.98. The number of rotatable bonds is 2. The minimum absolute atomic E-state index is 0.0570. The molecule has 1 amide bonds. The number of fused-ring (bicyclic) bond motifs is 2. The zero-order chi connectivity index (χ0) is 19.3. The van der Waals surface area contributed by atoms with Crippen LogP contribution in [0.4, 0.5) is 0 Å². The van der Waals surface area contributed by atoms with Crippen LogP contribution in [-0.2, 0) is 12.5 Å². The van der Waals surface area contributed by atoms with Crippen LogP contribution in [0.5, 0.6) is 0 Å². The molecule has 5 rings (SSSR count). The number of H-pyrrole nitrogens is 1. The third kappa shape index (κ3) is 2.61.